The third-order valence-electron chi connectivity index (χ3n) is 4.80. The molecule has 3 atom stereocenters. The van der Waals surface area contributed by atoms with E-state index in [1.165, 1.54) is 16.0 Å². The lowest BCUT2D eigenvalue weighted by Gasteiger charge is -2.26. The number of hydrogen-bond donors (Lipinski definition) is 1. The zero-order chi connectivity index (χ0) is 15.8. The summed E-state index contributed by atoms with van der Waals surface area (Å²) in [7, 11) is 0. The molecule has 2 N–H and O–H groups in total. The lowest BCUT2D eigenvalue weighted by atomic mass is 9.95. The first-order valence-electron chi connectivity index (χ1n) is 8.01. The molecule has 120 valence electrons. The Hall–Kier alpha value is -1.30. The van der Waals surface area contributed by atoms with Crippen LogP contribution in [0.5, 0.6) is 0 Å². The van der Waals surface area contributed by atoms with Gasteiger partial charge in [-0.05, 0) is 34.7 Å². The lowest BCUT2D eigenvalue weighted by molar-refractivity contribution is -0.129. The second-order valence-corrected chi connectivity index (χ2v) is 8.44. The van der Waals surface area contributed by atoms with Gasteiger partial charge in [-0.25, -0.2) is 0 Å². The highest BCUT2D eigenvalue weighted by molar-refractivity contribution is 8.00. The van der Waals surface area contributed by atoms with Crippen LogP contribution in [0.15, 0.2) is 41.8 Å². The maximum absolute atomic E-state index is 13.0. The molecule has 0 saturated carbocycles. The van der Waals surface area contributed by atoms with Gasteiger partial charge in [0, 0.05) is 29.9 Å². The third kappa shape index (κ3) is 2.82. The summed E-state index contributed by atoms with van der Waals surface area (Å²) in [5.74, 6) is 1.52. The Kier molecular flexibility index (Phi) is 4.18. The molecule has 2 aliphatic rings. The molecule has 1 saturated heterocycles. The zero-order valence-corrected chi connectivity index (χ0v) is 14.5. The molecule has 1 unspecified atom stereocenters. The predicted molar refractivity (Wildman–Crippen MR) is 97.0 cm³/mol. The number of nitrogens with two attached hydrogens (primary N) is 1. The summed E-state index contributed by atoms with van der Waals surface area (Å²) in [4.78, 5) is 16.4. The van der Waals surface area contributed by atoms with E-state index in [-0.39, 0.29) is 23.1 Å². The van der Waals surface area contributed by atoms with E-state index in [0.29, 0.717) is 6.54 Å². The molecule has 0 radical (unpaired) electrons. The number of benzene rings is 1. The van der Waals surface area contributed by atoms with Crippen LogP contribution < -0.4 is 5.73 Å². The Morgan fingerprint density at radius 2 is 2.00 bits per heavy atom. The minimum absolute atomic E-state index is 0.0249. The van der Waals surface area contributed by atoms with E-state index in [1.54, 1.807) is 23.1 Å². The molecule has 3 heterocycles. The van der Waals surface area contributed by atoms with Crippen molar-refractivity contribution in [3.8, 4) is 0 Å². The Morgan fingerprint density at radius 3 is 2.83 bits per heavy atom. The molecule has 2 aromatic rings. The van der Waals surface area contributed by atoms with Gasteiger partial charge in [0.05, 0.1) is 0 Å². The minimum Gasteiger partial charge on any atom is -0.339 e. The second-order valence-electron chi connectivity index (χ2n) is 6.22. The van der Waals surface area contributed by atoms with Crippen molar-refractivity contribution in [3.63, 3.8) is 0 Å². The van der Waals surface area contributed by atoms with Crippen molar-refractivity contribution in [3.05, 3.63) is 57.8 Å². The number of carbonyl (C=O) groups excluding carboxylic acids is 1. The van der Waals surface area contributed by atoms with Crippen molar-refractivity contribution < 1.29 is 4.79 Å². The Bertz CT molecular complexity index is 700. The number of fused-ring (bicyclic) bond motifs is 1. The van der Waals surface area contributed by atoms with Gasteiger partial charge in [-0.3, -0.25) is 4.79 Å². The second kappa shape index (κ2) is 6.30. The largest absolute Gasteiger partial charge is 0.339 e. The Morgan fingerprint density at radius 1 is 1.17 bits per heavy atom. The maximum Gasteiger partial charge on any atom is 0.240 e. The van der Waals surface area contributed by atoms with Crippen molar-refractivity contribution in [2.45, 2.75) is 23.6 Å². The molecule has 1 aromatic heterocycles. The van der Waals surface area contributed by atoms with Crippen LogP contribution in [-0.4, -0.2) is 35.7 Å². The predicted octanol–water partition coefficient (Wildman–Crippen LogP) is 3.03. The Labute approximate surface area is 144 Å². The minimum atomic E-state index is -0.0354. The van der Waals surface area contributed by atoms with Crippen molar-refractivity contribution in [1.82, 2.24) is 4.90 Å². The molecule has 2 aliphatic heterocycles. The van der Waals surface area contributed by atoms with E-state index < -0.39 is 0 Å². The van der Waals surface area contributed by atoms with E-state index >= 15 is 0 Å². The molecule has 1 amide bonds. The molecule has 0 spiro atoms. The molecule has 0 bridgehead atoms. The molecule has 3 nitrogen and oxygen atoms in total. The van der Waals surface area contributed by atoms with Gasteiger partial charge in [-0.1, -0.05) is 30.3 Å². The number of carbonyl (C=O) groups is 1. The number of hydrogen-bond acceptors (Lipinski definition) is 4. The summed E-state index contributed by atoms with van der Waals surface area (Å²) < 4.78 is 0. The maximum atomic E-state index is 13.0. The highest BCUT2D eigenvalue weighted by Crippen LogP contribution is 2.41. The van der Waals surface area contributed by atoms with Gasteiger partial charge in [-0.2, -0.15) is 0 Å². The third-order valence-corrected chi connectivity index (χ3v) is 7.03. The summed E-state index contributed by atoms with van der Waals surface area (Å²) in [6, 6.07) is 12.5. The molecule has 4 rings (SSSR count). The molecular weight excluding hydrogens is 324 g/mol. The summed E-state index contributed by atoms with van der Waals surface area (Å²) in [5, 5.41) is 2.07. The van der Waals surface area contributed by atoms with Gasteiger partial charge in [0.15, 0.2) is 0 Å². The normalized spacial score (nSPS) is 27.0. The number of aryl methyl sites for hydroxylation is 1. The topological polar surface area (TPSA) is 46.3 Å². The fourth-order valence-corrected chi connectivity index (χ4v) is 5.95. The first-order valence-corrected chi connectivity index (χ1v) is 9.94. The molecule has 1 fully saturated rings. The smallest absolute Gasteiger partial charge is 0.240 e. The Balaban J connectivity index is 1.53. The van der Waals surface area contributed by atoms with Gasteiger partial charge in [0.1, 0.15) is 5.25 Å². The van der Waals surface area contributed by atoms with Crippen LogP contribution in [0.25, 0.3) is 0 Å². The van der Waals surface area contributed by atoms with Crippen LogP contribution in [0.1, 0.15) is 27.2 Å². The summed E-state index contributed by atoms with van der Waals surface area (Å²) in [6.07, 6.45) is 1.09. The fourth-order valence-electron chi connectivity index (χ4n) is 3.58. The first-order chi connectivity index (χ1) is 11.2. The van der Waals surface area contributed by atoms with Crippen LogP contribution in [0.3, 0.4) is 0 Å². The van der Waals surface area contributed by atoms with Gasteiger partial charge >= 0.3 is 0 Å². The molecule has 1 aromatic carbocycles. The number of thioether (sulfide) groups is 1. The summed E-state index contributed by atoms with van der Waals surface area (Å²) >= 11 is 3.56. The highest BCUT2D eigenvalue weighted by Gasteiger charge is 2.38. The van der Waals surface area contributed by atoms with Gasteiger partial charge < -0.3 is 10.6 Å². The van der Waals surface area contributed by atoms with Crippen molar-refractivity contribution in [2.24, 2.45) is 5.73 Å². The molecule has 0 aliphatic carbocycles. The highest BCUT2D eigenvalue weighted by atomic mass is 32.2. The van der Waals surface area contributed by atoms with Crippen molar-refractivity contribution in [1.29, 1.82) is 0 Å². The molecular formula is C18H20N2OS2. The van der Waals surface area contributed by atoms with Crippen LogP contribution in [0.4, 0.5) is 0 Å². The number of nitrogens with zero attached hydrogens (tertiary/aromatic N) is 1. The van der Waals surface area contributed by atoms with Gasteiger partial charge in [0.25, 0.3) is 0 Å². The van der Waals surface area contributed by atoms with E-state index in [4.69, 9.17) is 5.73 Å². The van der Waals surface area contributed by atoms with Crippen LogP contribution in [0, 0.1) is 0 Å². The average Bonchev–Trinajstić information content (AvgIpc) is 3.21. The first kappa shape index (κ1) is 15.2. The monoisotopic (exact) mass is 344 g/mol. The van der Waals surface area contributed by atoms with Gasteiger partial charge in [-0.15, -0.1) is 23.1 Å². The SMILES string of the molecule is N[C@@H]1CN(C(=O)C2SCCc3sccc32)C[C@H]1c1ccccc1. The number of amides is 1. The van der Waals surface area contributed by atoms with Crippen LogP contribution in [0.2, 0.25) is 0 Å². The quantitative estimate of drug-likeness (QED) is 0.911. The van der Waals surface area contributed by atoms with Crippen molar-refractivity contribution >= 4 is 29.0 Å². The van der Waals surface area contributed by atoms with Crippen molar-refractivity contribution in [2.75, 3.05) is 18.8 Å². The lowest BCUT2D eigenvalue weighted by Crippen LogP contribution is -2.35. The zero-order valence-electron chi connectivity index (χ0n) is 12.9. The number of rotatable bonds is 2. The van der Waals surface area contributed by atoms with Gasteiger partial charge in [0.2, 0.25) is 5.91 Å². The number of likely N-dealkylation sites (tertiary alicyclic amines) is 1. The summed E-state index contributed by atoms with van der Waals surface area (Å²) in [5.41, 5.74) is 8.81. The number of thiophene rings is 1. The summed E-state index contributed by atoms with van der Waals surface area (Å²) in [6.45, 7) is 1.40. The van der Waals surface area contributed by atoms with Crippen LogP contribution >= 0.6 is 23.1 Å². The molecule has 23 heavy (non-hydrogen) atoms. The van der Waals surface area contributed by atoms with E-state index in [2.05, 4.69) is 23.6 Å². The fraction of sp³-hybridized carbons (Fsp3) is 0.389. The van der Waals surface area contributed by atoms with E-state index in [1.807, 2.05) is 23.1 Å². The van der Waals surface area contributed by atoms with E-state index in [9.17, 15) is 4.79 Å². The standard InChI is InChI=1S/C18H20N2OS2/c19-15-11-20(10-14(15)12-4-2-1-3-5-12)18(21)17-13-6-8-22-16(13)7-9-23-17/h1-6,8,14-15,17H,7,9-11,19H2/t14-,15+,17?/m0/s1. The molecule has 5 heteroatoms. The van der Waals surface area contributed by atoms with E-state index in [0.717, 1.165) is 18.7 Å². The average molecular weight is 345 g/mol. The van der Waals surface area contributed by atoms with Crippen LogP contribution in [-0.2, 0) is 11.2 Å².